The second-order valence-electron chi connectivity index (χ2n) is 5.89. The molecule has 1 saturated heterocycles. The van der Waals surface area contributed by atoms with E-state index >= 15 is 0 Å². The summed E-state index contributed by atoms with van der Waals surface area (Å²) in [5, 5.41) is 16.4. The second-order valence-corrected chi connectivity index (χ2v) is 5.89. The standard InChI is InChI=1S/C14H26N6O/c1-11(2)20-5-4-13(16-20)10-18-6-8-19(9-7-18)12(3)14(15)17-21/h4-5,11-12,21H,6-10H2,1-3H3,(H2,15,17). The minimum atomic E-state index is -0.0164. The molecule has 2 rings (SSSR count). The summed E-state index contributed by atoms with van der Waals surface area (Å²) in [5.41, 5.74) is 6.78. The Morgan fingerprint density at radius 2 is 2.00 bits per heavy atom. The maximum Gasteiger partial charge on any atom is 0.156 e. The number of nitrogens with two attached hydrogens (primary N) is 1. The molecule has 3 N–H and O–H groups in total. The van der Waals surface area contributed by atoms with Gasteiger partial charge in [-0.1, -0.05) is 5.16 Å². The van der Waals surface area contributed by atoms with Crippen LogP contribution in [0.5, 0.6) is 0 Å². The van der Waals surface area contributed by atoms with E-state index in [9.17, 15) is 0 Å². The summed E-state index contributed by atoms with van der Waals surface area (Å²) in [7, 11) is 0. The van der Waals surface area contributed by atoms with Gasteiger partial charge in [0.2, 0.25) is 0 Å². The lowest BCUT2D eigenvalue weighted by molar-refractivity contribution is 0.115. The molecule has 0 saturated carbocycles. The SMILES string of the molecule is CC(C(N)=NO)N1CCN(Cc2ccn(C(C)C)n2)CC1. The van der Waals surface area contributed by atoms with E-state index in [0.717, 1.165) is 38.4 Å². The fraction of sp³-hybridized carbons (Fsp3) is 0.714. The Balaban J connectivity index is 1.83. The van der Waals surface area contributed by atoms with Crippen LogP contribution in [0.15, 0.2) is 17.4 Å². The second kappa shape index (κ2) is 6.91. The van der Waals surface area contributed by atoms with E-state index in [1.807, 2.05) is 17.8 Å². The molecule has 0 aromatic carbocycles. The van der Waals surface area contributed by atoms with Gasteiger partial charge in [0.15, 0.2) is 5.84 Å². The van der Waals surface area contributed by atoms with Gasteiger partial charge in [0.05, 0.1) is 11.7 Å². The van der Waals surface area contributed by atoms with Crippen LogP contribution >= 0.6 is 0 Å². The smallest absolute Gasteiger partial charge is 0.156 e. The molecule has 2 heterocycles. The minimum absolute atomic E-state index is 0.0164. The Morgan fingerprint density at radius 1 is 1.33 bits per heavy atom. The topological polar surface area (TPSA) is 82.9 Å². The van der Waals surface area contributed by atoms with Crippen molar-refractivity contribution >= 4 is 5.84 Å². The van der Waals surface area contributed by atoms with E-state index < -0.39 is 0 Å². The highest BCUT2D eigenvalue weighted by molar-refractivity contribution is 5.84. The molecule has 0 radical (unpaired) electrons. The number of piperazine rings is 1. The molecule has 7 heteroatoms. The number of oxime groups is 1. The molecule has 1 aliphatic rings. The van der Waals surface area contributed by atoms with Crippen molar-refractivity contribution in [2.75, 3.05) is 26.2 Å². The lowest BCUT2D eigenvalue weighted by Gasteiger charge is -2.37. The number of nitrogens with zero attached hydrogens (tertiary/aromatic N) is 5. The van der Waals surface area contributed by atoms with Crippen molar-refractivity contribution in [3.05, 3.63) is 18.0 Å². The van der Waals surface area contributed by atoms with Crippen molar-refractivity contribution in [2.45, 2.75) is 39.4 Å². The zero-order chi connectivity index (χ0) is 15.4. The number of aromatic nitrogens is 2. The van der Waals surface area contributed by atoms with E-state index in [0.29, 0.717) is 6.04 Å². The summed E-state index contributed by atoms with van der Waals surface area (Å²) in [6.07, 6.45) is 2.04. The first-order valence-corrected chi connectivity index (χ1v) is 7.49. The Morgan fingerprint density at radius 3 is 2.52 bits per heavy atom. The van der Waals surface area contributed by atoms with Crippen molar-refractivity contribution in [1.29, 1.82) is 0 Å². The maximum absolute atomic E-state index is 8.75. The quantitative estimate of drug-likeness (QED) is 0.362. The van der Waals surface area contributed by atoms with Gasteiger partial charge in [-0.3, -0.25) is 14.5 Å². The Hall–Kier alpha value is -1.60. The average Bonchev–Trinajstić information content (AvgIpc) is 2.95. The molecule has 1 aliphatic heterocycles. The molecule has 21 heavy (non-hydrogen) atoms. The molecule has 1 aromatic rings. The van der Waals surface area contributed by atoms with Crippen molar-refractivity contribution in [2.24, 2.45) is 10.9 Å². The summed E-state index contributed by atoms with van der Waals surface area (Å²) < 4.78 is 1.99. The Bertz CT molecular complexity index is 476. The van der Waals surface area contributed by atoms with Crippen LogP contribution in [0.4, 0.5) is 0 Å². The van der Waals surface area contributed by atoms with Gasteiger partial charge in [-0.15, -0.1) is 0 Å². The fourth-order valence-corrected chi connectivity index (χ4v) is 2.56. The van der Waals surface area contributed by atoms with E-state index in [4.69, 9.17) is 10.9 Å². The van der Waals surface area contributed by atoms with E-state index in [1.54, 1.807) is 0 Å². The highest BCUT2D eigenvalue weighted by Crippen LogP contribution is 2.11. The average molecular weight is 294 g/mol. The normalized spacial score (nSPS) is 20.1. The molecule has 7 nitrogen and oxygen atoms in total. The molecule has 1 aromatic heterocycles. The highest BCUT2D eigenvalue weighted by atomic mass is 16.4. The maximum atomic E-state index is 8.75. The van der Waals surface area contributed by atoms with E-state index in [1.165, 1.54) is 0 Å². The largest absolute Gasteiger partial charge is 0.409 e. The molecule has 0 bridgehead atoms. The predicted molar refractivity (Wildman–Crippen MR) is 82.3 cm³/mol. The van der Waals surface area contributed by atoms with Gasteiger partial charge in [-0.25, -0.2) is 0 Å². The van der Waals surface area contributed by atoms with E-state index in [-0.39, 0.29) is 11.9 Å². The zero-order valence-corrected chi connectivity index (χ0v) is 13.1. The molecule has 0 aliphatic carbocycles. The summed E-state index contributed by atoms with van der Waals surface area (Å²) in [4.78, 5) is 4.63. The molecular formula is C14H26N6O. The van der Waals surface area contributed by atoms with Gasteiger partial charge in [0.25, 0.3) is 0 Å². The third kappa shape index (κ3) is 3.95. The first kappa shape index (κ1) is 15.8. The summed E-state index contributed by atoms with van der Waals surface area (Å²) in [5.74, 6) is 0.277. The van der Waals surface area contributed by atoms with Crippen LogP contribution in [0.3, 0.4) is 0 Å². The summed E-state index contributed by atoms with van der Waals surface area (Å²) in [6, 6.07) is 2.47. The number of hydrogen-bond donors (Lipinski definition) is 2. The molecule has 1 atom stereocenters. The van der Waals surface area contributed by atoms with Crippen LogP contribution in [-0.4, -0.2) is 62.8 Å². The predicted octanol–water partition coefficient (Wildman–Crippen LogP) is 0.717. The van der Waals surface area contributed by atoms with Crippen molar-refractivity contribution in [1.82, 2.24) is 19.6 Å². The van der Waals surface area contributed by atoms with Gasteiger partial charge >= 0.3 is 0 Å². The van der Waals surface area contributed by atoms with Gasteiger partial charge in [-0.2, -0.15) is 5.10 Å². The molecule has 1 fully saturated rings. The van der Waals surface area contributed by atoms with Gasteiger partial charge in [0.1, 0.15) is 0 Å². The summed E-state index contributed by atoms with van der Waals surface area (Å²) >= 11 is 0. The van der Waals surface area contributed by atoms with Crippen LogP contribution in [-0.2, 0) is 6.54 Å². The molecule has 0 amide bonds. The van der Waals surface area contributed by atoms with Gasteiger partial charge < -0.3 is 10.9 Å². The first-order chi connectivity index (χ1) is 10.0. The summed E-state index contributed by atoms with van der Waals surface area (Å²) in [6.45, 7) is 10.9. The lowest BCUT2D eigenvalue weighted by atomic mass is 10.2. The van der Waals surface area contributed by atoms with Crippen molar-refractivity contribution in [3.8, 4) is 0 Å². The fourth-order valence-electron chi connectivity index (χ4n) is 2.56. The monoisotopic (exact) mass is 294 g/mol. The third-order valence-corrected chi connectivity index (χ3v) is 4.08. The third-order valence-electron chi connectivity index (χ3n) is 4.08. The van der Waals surface area contributed by atoms with Gasteiger partial charge in [-0.05, 0) is 26.8 Å². The number of rotatable bonds is 5. The van der Waals surface area contributed by atoms with Crippen LogP contribution in [0.25, 0.3) is 0 Å². The molecule has 1 unspecified atom stereocenters. The van der Waals surface area contributed by atoms with Crippen molar-refractivity contribution in [3.63, 3.8) is 0 Å². The molecule has 0 spiro atoms. The highest BCUT2D eigenvalue weighted by Gasteiger charge is 2.23. The van der Waals surface area contributed by atoms with E-state index in [2.05, 4.69) is 40.0 Å². The Labute approximate surface area is 126 Å². The minimum Gasteiger partial charge on any atom is -0.409 e. The van der Waals surface area contributed by atoms with Crippen molar-refractivity contribution < 1.29 is 5.21 Å². The van der Waals surface area contributed by atoms with Crippen LogP contribution in [0.2, 0.25) is 0 Å². The zero-order valence-electron chi connectivity index (χ0n) is 13.1. The van der Waals surface area contributed by atoms with Crippen LogP contribution in [0.1, 0.15) is 32.5 Å². The molecule has 118 valence electrons. The lowest BCUT2D eigenvalue weighted by Crippen LogP contribution is -2.52. The van der Waals surface area contributed by atoms with Crippen LogP contribution < -0.4 is 5.73 Å². The first-order valence-electron chi connectivity index (χ1n) is 7.49. The van der Waals surface area contributed by atoms with Crippen LogP contribution in [0, 0.1) is 0 Å². The number of hydrogen-bond acceptors (Lipinski definition) is 5. The number of amidine groups is 1. The Kier molecular flexibility index (Phi) is 5.19. The van der Waals surface area contributed by atoms with Gasteiger partial charge in [0, 0.05) is 45.0 Å². The molecular weight excluding hydrogens is 268 g/mol.